The third-order valence-corrected chi connectivity index (χ3v) is 3.65. The molecule has 20 heavy (non-hydrogen) atoms. The summed E-state index contributed by atoms with van der Waals surface area (Å²) in [5.41, 5.74) is 1.88. The van der Waals surface area contributed by atoms with Crippen LogP contribution in [0.5, 0.6) is 0 Å². The van der Waals surface area contributed by atoms with Gasteiger partial charge in [0.2, 0.25) is 0 Å². The Labute approximate surface area is 117 Å². The van der Waals surface area contributed by atoms with Crippen LogP contribution in [-0.4, -0.2) is 34.7 Å². The average molecular weight is 268 g/mol. The second-order valence-corrected chi connectivity index (χ2v) is 5.01. The lowest BCUT2D eigenvalue weighted by atomic mass is 10.0. The maximum Gasteiger partial charge on any atom is 0.253 e. The number of rotatable bonds is 3. The fourth-order valence-electron chi connectivity index (χ4n) is 2.50. The van der Waals surface area contributed by atoms with Gasteiger partial charge >= 0.3 is 0 Å². The van der Waals surface area contributed by atoms with Crippen molar-refractivity contribution >= 4 is 11.7 Å². The molecule has 0 radical (unpaired) electrons. The van der Waals surface area contributed by atoms with Crippen LogP contribution < -0.4 is 0 Å². The molecule has 0 aliphatic carbocycles. The molecule has 2 aromatic rings. The number of likely N-dealkylation sites (tertiary alicyclic amines) is 1. The molecule has 0 atom stereocenters. The molecular weight excluding hydrogens is 252 g/mol. The smallest absolute Gasteiger partial charge is 0.253 e. The van der Waals surface area contributed by atoms with Gasteiger partial charge in [0.25, 0.3) is 5.91 Å². The van der Waals surface area contributed by atoms with E-state index in [1.54, 1.807) is 42.7 Å². The number of H-pyrrole nitrogens is 1. The Morgan fingerprint density at radius 2 is 1.55 bits per heavy atom. The van der Waals surface area contributed by atoms with Gasteiger partial charge in [-0.3, -0.25) is 9.59 Å². The summed E-state index contributed by atoms with van der Waals surface area (Å²) in [7, 11) is 0. The van der Waals surface area contributed by atoms with E-state index in [0.29, 0.717) is 16.7 Å². The molecule has 2 heterocycles. The third-order valence-electron chi connectivity index (χ3n) is 3.65. The number of hydrogen-bond acceptors (Lipinski definition) is 2. The molecule has 1 aromatic heterocycles. The first-order chi connectivity index (χ1) is 9.75. The lowest BCUT2D eigenvalue weighted by Gasteiger charge is -2.15. The summed E-state index contributed by atoms with van der Waals surface area (Å²) < 4.78 is 0. The Hall–Kier alpha value is -2.36. The van der Waals surface area contributed by atoms with Crippen LogP contribution in [0.3, 0.4) is 0 Å². The molecule has 0 spiro atoms. The molecule has 1 N–H and O–H groups in total. The highest BCUT2D eigenvalue weighted by Gasteiger charge is 2.19. The van der Waals surface area contributed by atoms with Crippen LogP contribution >= 0.6 is 0 Å². The van der Waals surface area contributed by atoms with Crippen molar-refractivity contribution in [3.63, 3.8) is 0 Å². The van der Waals surface area contributed by atoms with Gasteiger partial charge in [-0.25, -0.2) is 0 Å². The van der Waals surface area contributed by atoms with Crippen LogP contribution in [0.2, 0.25) is 0 Å². The first-order valence-corrected chi connectivity index (χ1v) is 6.82. The van der Waals surface area contributed by atoms with E-state index >= 15 is 0 Å². The third kappa shape index (κ3) is 2.37. The van der Waals surface area contributed by atoms with Crippen molar-refractivity contribution in [1.82, 2.24) is 9.88 Å². The molecule has 4 heteroatoms. The van der Waals surface area contributed by atoms with Crippen LogP contribution in [0, 0.1) is 0 Å². The van der Waals surface area contributed by atoms with Crippen LogP contribution in [-0.2, 0) is 0 Å². The second-order valence-electron chi connectivity index (χ2n) is 5.01. The van der Waals surface area contributed by atoms with Crippen molar-refractivity contribution in [3.05, 3.63) is 59.4 Å². The topological polar surface area (TPSA) is 53.2 Å². The highest BCUT2D eigenvalue weighted by molar-refractivity contribution is 6.09. The predicted molar refractivity (Wildman–Crippen MR) is 75.8 cm³/mol. The highest BCUT2D eigenvalue weighted by Crippen LogP contribution is 2.15. The summed E-state index contributed by atoms with van der Waals surface area (Å²) in [6.45, 7) is 1.67. The van der Waals surface area contributed by atoms with Crippen molar-refractivity contribution in [2.24, 2.45) is 0 Å². The fourth-order valence-corrected chi connectivity index (χ4v) is 2.50. The number of nitrogens with zero attached hydrogens (tertiary/aromatic N) is 1. The minimum Gasteiger partial charge on any atom is -0.367 e. The molecule has 1 aromatic carbocycles. The number of benzene rings is 1. The Kier molecular flexibility index (Phi) is 3.37. The number of amides is 1. The summed E-state index contributed by atoms with van der Waals surface area (Å²) in [6, 6.07) is 8.66. The van der Waals surface area contributed by atoms with Crippen molar-refractivity contribution in [2.75, 3.05) is 13.1 Å². The monoisotopic (exact) mass is 268 g/mol. The molecule has 1 saturated heterocycles. The number of hydrogen-bond donors (Lipinski definition) is 1. The maximum absolute atomic E-state index is 12.2. The number of carbonyl (C=O) groups is 2. The van der Waals surface area contributed by atoms with Crippen molar-refractivity contribution in [2.45, 2.75) is 12.8 Å². The normalized spacial score (nSPS) is 14.5. The number of carbonyl (C=O) groups excluding carboxylic acids is 2. The summed E-state index contributed by atoms with van der Waals surface area (Å²) in [5, 5.41) is 0. The Morgan fingerprint density at radius 3 is 2.15 bits per heavy atom. The number of aromatic nitrogens is 1. The molecule has 0 saturated carbocycles. The molecule has 1 amide bonds. The maximum atomic E-state index is 12.2. The number of ketones is 1. The van der Waals surface area contributed by atoms with Gasteiger partial charge in [-0.2, -0.15) is 0 Å². The van der Waals surface area contributed by atoms with Crippen molar-refractivity contribution < 1.29 is 9.59 Å². The minimum absolute atomic E-state index is 0.0357. The molecule has 3 rings (SSSR count). The van der Waals surface area contributed by atoms with E-state index < -0.39 is 0 Å². The Bertz CT molecular complexity index is 608. The molecule has 1 aliphatic rings. The molecular formula is C16H16N2O2. The van der Waals surface area contributed by atoms with E-state index in [9.17, 15) is 9.59 Å². The van der Waals surface area contributed by atoms with E-state index in [1.807, 2.05) is 4.90 Å². The summed E-state index contributed by atoms with van der Waals surface area (Å²) in [4.78, 5) is 29.1. The largest absolute Gasteiger partial charge is 0.367 e. The minimum atomic E-state index is -0.0357. The van der Waals surface area contributed by atoms with Gasteiger partial charge in [0.05, 0.1) is 0 Å². The zero-order chi connectivity index (χ0) is 13.9. The number of aromatic amines is 1. The molecule has 102 valence electrons. The zero-order valence-electron chi connectivity index (χ0n) is 11.1. The first-order valence-electron chi connectivity index (χ1n) is 6.82. The van der Waals surface area contributed by atoms with E-state index in [0.717, 1.165) is 25.9 Å². The second kappa shape index (κ2) is 5.33. The van der Waals surface area contributed by atoms with Crippen LogP contribution in [0.1, 0.15) is 39.1 Å². The quantitative estimate of drug-likeness (QED) is 0.869. The van der Waals surface area contributed by atoms with Gasteiger partial charge in [0.1, 0.15) is 0 Å². The van der Waals surface area contributed by atoms with Gasteiger partial charge < -0.3 is 9.88 Å². The molecule has 4 nitrogen and oxygen atoms in total. The van der Waals surface area contributed by atoms with Gasteiger partial charge in [-0.1, -0.05) is 12.1 Å². The van der Waals surface area contributed by atoms with E-state index in [1.165, 1.54) is 0 Å². The summed E-state index contributed by atoms with van der Waals surface area (Å²) in [6.07, 6.45) is 5.55. The molecule has 0 unspecified atom stereocenters. The van der Waals surface area contributed by atoms with E-state index in [4.69, 9.17) is 0 Å². The van der Waals surface area contributed by atoms with Gasteiger partial charge in [-0.05, 0) is 31.0 Å². The van der Waals surface area contributed by atoms with Gasteiger partial charge in [0, 0.05) is 42.2 Å². The average Bonchev–Trinajstić information content (AvgIpc) is 3.18. The molecule has 0 bridgehead atoms. The van der Waals surface area contributed by atoms with Gasteiger partial charge in [0.15, 0.2) is 5.78 Å². The first kappa shape index (κ1) is 12.7. The lowest BCUT2D eigenvalue weighted by molar-refractivity contribution is 0.0792. The number of nitrogens with one attached hydrogen (secondary N) is 1. The summed E-state index contributed by atoms with van der Waals surface area (Å²) in [5.74, 6) is 0.0227. The predicted octanol–water partition coefficient (Wildman–Crippen LogP) is 2.48. The van der Waals surface area contributed by atoms with E-state index in [2.05, 4.69) is 4.98 Å². The van der Waals surface area contributed by atoms with Crippen LogP contribution in [0.25, 0.3) is 0 Å². The molecule has 1 aliphatic heterocycles. The fraction of sp³-hybridized carbons (Fsp3) is 0.250. The van der Waals surface area contributed by atoms with E-state index in [-0.39, 0.29) is 11.7 Å². The van der Waals surface area contributed by atoms with Crippen molar-refractivity contribution in [3.8, 4) is 0 Å². The molecule has 1 fully saturated rings. The highest BCUT2D eigenvalue weighted by atomic mass is 16.2. The Balaban J connectivity index is 1.77. The van der Waals surface area contributed by atoms with Gasteiger partial charge in [-0.15, -0.1) is 0 Å². The Morgan fingerprint density at radius 1 is 0.900 bits per heavy atom. The van der Waals surface area contributed by atoms with Crippen molar-refractivity contribution in [1.29, 1.82) is 0 Å². The SMILES string of the molecule is O=C(c1ccc(C(=O)N2CCCC2)cc1)c1cc[nH]c1. The summed E-state index contributed by atoms with van der Waals surface area (Å²) >= 11 is 0. The van der Waals surface area contributed by atoms with Crippen LogP contribution in [0.4, 0.5) is 0 Å². The lowest BCUT2D eigenvalue weighted by Crippen LogP contribution is -2.27. The van der Waals surface area contributed by atoms with Crippen LogP contribution in [0.15, 0.2) is 42.7 Å². The zero-order valence-corrected chi connectivity index (χ0v) is 11.1. The standard InChI is InChI=1S/C16H16N2O2/c19-15(14-7-8-17-11-14)12-3-5-13(6-4-12)16(20)18-9-1-2-10-18/h3-8,11,17H,1-2,9-10H2.